The van der Waals surface area contributed by atoms with Gasteiger partial charge in [0, 0.05) is 26.2 Å². The third kappa shape index (κ3) is 5.17. The van der Waals surface area contributed by atoms with Gasteiger partial charge < -0.3 is 10.5 Å². The standard InChI is InChI=1S/C14H31N3O3S/c1-6-7-16(11-14(4,5)10-15)21(18,19)17-8-12(2)20-13(3)9-17/h12-13H,6-11,15H2,1-5H3. The van der Waals surface area contributed by atoms with E-state index in [9.17, 15) is 8.42 Å². The lowest BCUT2D eigenvalue weighted by Crippen LogP contribution is -2.55. The molecule has 0 saturated carbocycles. The molecule has 0 aliphatic carbocycles. The number of ether oxygens (including phenoxy) is 1. The van der Waals surface area contributed by atoms with Crippen LogP contribution in [0.4, 0.5) is 0 Å². The molecule has 2 N–H and O–H groups in total. The Morgan fingerprint density at radius 3 is 2.24 bits per heavy atom. The molecule has 0 aromatic rings. The summed E-state index contributed by atoms with van der Waals surface area (Å²) in [6.45, 7) is 12.0. The molecule has 1 aliphatic rings. The van der Waals surface area contributed by atoms with Crippen molar-refractivity contribution in [2.45, 2.75) is 53.2 Å². The summed E-state index contributed by atoms with van der Waals surface area (Å²) >= 11 is 0. The zero-order valence-corrected chi connectivity index (χ0v) is 14.8. The van der Waals surface area contributed by atoms with Gasteiger partial charge in [-0.25, -0.2) is 0 Å². The Morgan fingerprint density at radius 1 is 1.29 bits per heavy atom. The van der Waals surface area contributed by atoms with E-state index in [0.29, 0.717) is 32.7 Å². The van der Waals surface area contributed by atoms with Crippen LogP contribution < -0.4 is 5.73 Å². The largest absolute Gasteiger partial charge is 0.373 e. The van der Waals surface area contributed by atoms with Crippen LogP contribution in [-0.4, -0.2) is 62.0 Å². The van der Waals surface area contributed by atoms with Gasteiger partial charge in [-0.15, -0.1) is 0 Å². The quantitative estimate of drug-likeness (QED) is 0.760. The van der Waals surface area contributed by atoms with Crippen molar-refractivity contribution in [3.05, 3.63) is 0 Å². The van der Waals surface area contributed by atoms with Crippen molar-refractivity contribution in [1.29, 1.82) is 0 Å². The Hall–Kier alpha value is -0.210. The van der Waals surface area contributed by atoms with Gasteiger partial charge in [-0.1, -0.05) is 20.8 Å². The highest BCUT2D eigenvalue weighted by Crippen LogP contribution is 2.22. The van der Waals surface area contributed by atoms with Crippen LogP contribution in [0.15, 0.2) is 0 Å². The van der Waals surface area contributed by atoms with Gasteiger partial charge in [0.15, 0.2) is 0 Å². The fraction of sp³-hybridized carbons (Fsp3) is 1.00. The molecule has 6 nitrogen and oxygen atoms in total. The predicted molar refractivity (Wildman–Crippen MR) is 85.2 cm³/mol. The van der Waals surface area contributed by atoms with Crippen molar-refractivity contribution in [3.63, 3.8) is 0 Å². The third-order valence-electron chi connectivity index (χ3n) is 3.67. The maximum atomic E-state index is 12.9. The van der Waals surface area contributed by atoms with Gasteiger partial charge >= 0.3 is 0 Å². The van der Waals surface area contributed by atoms with Crippen LogP contribution in [0.1, 0.15) is 41.0 Å². The van der Waals surface area contributed by atoms with E-state index < -0.39 is 10.2 Å². The molecule has 0 aromatic heterocycles. The van der Waals surface area contributed by atoms with Crippen LogP contribution in [0, 0.1) is 5.41 Å². The summed E-state index contributed by atoms with van der Waals surface area (Å²) < 4.78 is 34.6. The van der Waals surface area contributed by atoms with Crippen LogP contribution in [0.3, 0.4) is 0 Å². The molecule has 1 fully saturated rings. The first-order chi connectivity index (χ1) is 9.62. The summed E-state index contributed by atoms with van der Waals surface area (Å²) in [5.74, 6) is 0. The molecule has 0 amide bonds. The molecule has 0 bridgehead atoms. The highest BCUT2D eigenvalue weighted by atomic mass is 32.2. The van der Waals surface area contributed by atoms with Crippen molar-refractivity contribution in [3.8, 4) is 0 Å². The van der Waals surface area contributed by atoms with Crippen molar-refractivity contribution in [2.75, 3.05) is 32.7 Å². The highest BCUT2D eigenvalue weighted by Gasteiger charge is 2.36. The van der Waals surface area contributed by atoms with Gasteiger partial charge in [0.05, 0.1) is 12.2 Å². The summed E-state index contributed by atoms with van der Waals surface area (Å²) in [7, 11) is -3.46. The van der Waals surface area contributed by atoms with E-state index in [-0.39, 0.29) is 17.6 Å². The molecule has 2 unspecified atom stereocenters. The van der Waals surface area contributed by atoms with Crippen molar-refractivity contribution in [1.82, 2.24) is 8.61 Å². The second kappa shape index (κ2) is 7.37. The summed E-state index contributed by atoms with van der Waals surface area (Å²) in [6, 6.07) is 0. The Kier molecular flexibility index (Phi) is 6.61. The molecule has 126 valence electrons. The van der Waals surface area contributed by atoms with Crippen LogP contribution in [0.25, 0.3) is 0 Å². The fourth-order valence-corrected chi connectivity index (χ4v) is 4.60. The lowest BCUT2D eigenvalue weighted by atomic mass is 9.94. The van der Waals surface area contributed by atoms with E-state index in [1.54, 1.807) is 8.61 Å². The summed E-state index contributed by atoms with van der Waals surface area (Å²) in [4.78, 5) is 0. The number of nitrogens with two attached hydrogens (primary N) is 1. The first kappa shape index (κ1) is 18.8. The second-order valence-electron chi connectivity index (χ2n) is 6.78. The van der Waals surface area contributed by atoms with E-state index in [1.807, 2.05) is 34.6 Å². The molecule has 21 heavy (non-hydrogen) atoms. The average molecular weight is 321 g/mol. The van der Waals surface area contributed by atoms with E-state index >= 15 is 0 Å². The summed E-state index contributed by atoms with van der Waals surface area (Å²) in [6.07, 6.45) is 0.638. The predicted octanol–water partition coefficient (Wildman–Crippen LogP) is 1.04. The van der Waals surface area contributed by atoms with Gasteiger partial charge in [-0.2, -0.15) is 17.0 Å². The topological polar surface area (TPSA) is 75.9 Å². The van der Waals surface area contributed by atoms with E-state index in [0.717, 1.165) is 6.42 Å². The van der Waals surface area contributed by atoms with Crippen LogP contribution >= 0.6 is 0 Å². The zero-order chi connectivity index (χ0) is 16.3. The number of hydrogen-bond donors (Lipinski definition) is 1. The van der Waals surface area contributed by atoms with Crippen LogP contribution in [-0.2, 0) is 14.9 Å². The van der Waals surface area contributed by atoms with E-state index in [4.69, 9.17) is 10.5 Å². The van der Waals surface area contributed by atoms with E-state index in [2.05, 4.69) is 0 Å². The van der Waals surface area contributed by atoms with Crippen molar-refractivity contribution >= 4 is 10.2 Å². The van der Waals surface area contributed by atoms with E-state index in [1.165, 1.54) is 0 Å². The molecule has 1 aliphatic heterocycles. The maximum Gasteiger partial charge on any atom is 0.282 e. The molecular formula is C14H31N3O3S. The molecule has 0 spiro atoms. The van der Waals surface area contributed by atoms with Crippen molar-refractivity contribution in [2.24, 2.45) is 11.1 Å². The molecule has 1 saturated heterocycles. The highest BCUT2D eigenvalue weighted by molar-refractivity contribution is 7.86. The molecule has 0 radical (unpaired) electrons. The molecule has 2 atom stereocenters. The monoisotopic (exact) mass is 321 g/mol. The van der Waals surface area contributed by atoms with Gasteiger partial charge in [0.2, 0.25) is 0 Å². The average Bonchev–Trinajstić information content (AvgIpc) is 2.37. The normalized spacial score (nSPS) is 25.5. The molecule has 1 rings (SSSR count). The summed E-state index contributed by atoms with van der Waals surface area (Å²) in [5, 5.41) is 0. The van der Waals surface area contributed by atoms with Gasteiger partial charge in [0.25, 0.3) is 10.2 Å². The second-order valence-corrected chi connectivity index (χ2v) is 8.71. The van der Waals surface area contributed by atoms with Crippen LogP contribution in [0.5, 0.6) is 0 Å². The Labute approximate surface area is 129 Å². The maximum absolute atomic E-state index is 12.9. The molecule has 0 aromatic carbocycles. The Morgan fingerprint density at radius 2 is 1.81 bits per heavy atom. The minimum Gasteiger partial charge on any atom is -0.373 e. The molecule has 1 heterocycles. The van der Waals surface area contributed by atoms with Gasteiger partial charge in [-0.3, -0.25) is 0 Å². The van der Waals surface area contributed by atoms with Crippen LogP contribution in [0.2, 0.25) is 0 Å². The Bertz CT molecular complexity index is 415. The Balaban J connectivity index is 2.93. The third-order valence-corrected chi connectivity index (χ3v) is 5.58. The molecule has 7 heteroatoms. The zero-order valence-electron chi connectivity index (χ0n) is 14.0. The first-order valence-corrected chi connectivity index (χ1v) is 9.13. The smallest absolute Gasteiger partial charge is 0.282 e. The number of nitrogens with zero attached hydrogens (tertiary/aromatic N) is 2. The minimum absolute atomic E-state index is 0.0745. The molecular weight excluding hydrogens is 290 g/mol. The van der Waals surface area contributed by atoms with Gasteiger partial charge in [0.1, 0.15) is 0 Å². The number of morpholine rings is 1. The number of hydrogen-bond acceptors (Lipinski definition) is 4. The van der Waals surface area contributed by atoms with Crippen molar-refractivity contribution < 1.29 is 13.2 Å². The lowest BCUT2D eigenvalue weighted by Gasteiger charge is -2.39. The SMILES string of the molecule is CCCN(CC(C)(C)CN)S(=O)(=O)N1CC(C)OC(C)C1. The van der Waals surface area contributed by atoms with Gasteiger partial charge in [-0.05, 0) is 32.2 Å². The number of rotatable bonds is 7. The minimum atomic E-state index is -3.46. The lowest BCUT2D eigenvalue weighted by molar-refractivity contribution is -0.0456. The summed E-state index contributed by atoms with van der Waals surface area (Å²) in [5.41, 5.74) is 5.53. The first-order valence-electron chi connectivity index (χ1n) is 7.73. The fourth-order valence-electron chi connectivity index (χ4n) is 2.55.